The van der Waals surface area contributed by atoms with Gasteiger partial charge in [0.2, 0.25) is 0 Å². The summed E-state index contributed by atoms with van der Waals surface area (Å²) < 4.78 is 0. The van der Waals surface area contributed by atoms with Gasteiger partial charge in [0.25, 0.3) is 0 Å². The number of rotatable bonds is 6. The number of anilines is 1. The Labute approximate surface area is 161 Å². The molecular weight excluding hydrogens is 351 g/mol. The molecule has 2 aromatic carbocycles. The second-order valence-electron chi connectivity index (χ2n) is 6.77. The SMILES string of the molecule is CCC(CCc1ccc(Cl)cc1)C1CNCCN1c1ccc(Cl)cc1. The molecule has 134 valence electrons. The van der Waals surface area contributed by atoms with Gasteiger partial charge in [-0.1, -0.05) is 48.7 Å². The average Bonchev–Trinajstić information content (AvgIpc) is 2.65. The largest absolute Gasteiger partial charge is 0.366 e. The van der Waals surface area contributed by atoms with Crippen LogP contribution in [0.1, 0.15) is 25.3 Å². The van der Waals surface area contributed by atoms with E-state index in [0.29, 0.717) is 12.0 Å². The second-order valence-corrected chi connectivity index (χ2v) is 7.65. The van der Waals surface area contributed by atoms with Crippen LogP contribution in [0.5, 0.6) is 0 Å². The molecule has 2 unspecified atom stereocenters. The molecule has 2 atom stereocenters. The maximum absolute atomic E-state index is 6.07. The zero-order valence-electron chi connectivity index (χ0n) is 14.7. The van der Waals surface area contributed by atoms with Crippen molar-refractivity contribution in [2.45, 2.75) is 32.2 Å². The molecule has 1 aliphatic heterocycles. The quantitative estimate of drug-likeness (QED) is 0.722. The molecule has 0 bridgehead atoms. The Hall–Kier alpha value is -1.22. The molecule has 2 nitrogen and oxygen atoms in total. The van der Waals surface area contributed by atoms with Crippen molar-refractivity contribution < 1.29 is 0 Å². The summed E-state index contributed by atoms with van der Waals surface area (Å²) in [6.45, 7) is 5.43. The van der Waals surface area contributed by atoms with Crippen LogP contribution in [0.15, 0.2) is 48.5 Å². The summed E-state index contributed by atoms with van der Waals surface area (Å²) in [6.07, 6.45) is 3.47. The van der Waals surface area contributed by atoms with E-state index in [1.807, 2.05) is 24.3 Å². The summed E-state index contributed by atoms with van der Waals surface area (Å²) in [5, 5.41) is 5.18. The fourth-order valence-corrected chi connectivity index (χ4v) is 4.02. The minimum Gasteiger partial charge on any atom is -0.366 e. The molecule has 3 rings (SSSR count). The maximum Gasteiger partial charge on any atom is 0.0443 e. The Morgan fingerprint density at radius 1 is 1.04 bits per heavy atom. The van der Waals surface area contributed by atoms with Crippen LogP contribution in [0.25, 0.3) is 0 Å². The Bertz CT molecular complexity index is 655. The van der Waals surface area contributed by atoms with E-state index in [4.69, 9.17) is 23.2 Å². The highest BCUT2D eigenvalue weighted by atomic mass is 35.5. The van der Waals surface area contributed by atoms with Gasteiger partial charge in [-0.05, 0) is 60.7 Å². The van der Waals surface area contributed by atoms with E-state index in [0.717, 1.165) is 36.1 Å². The van der Waals surface area contributed by atoms with E-state index in [2.05, 4.69) is 41.4 Å². The van der Waals surface area contributed by atoms with Gasteiger partial charge in [-0.15, -0.1) is 0 Å². The van der Waals surface area contributed by atoms with E-state index < -0.39 is 0 Å². The zero-order chi connectivity index (χ0) is 17.6. The third-order valence-electron chi connectivity index (χ3n) is 5.23. The van der Waals surface area contributed by atoms with Crippen LogP contribution in [0.2, 0.25) is 10.0 Å². The molecule has 0 aliphatic carbocycles. The van der Waals surface area contributed by atoms with Crippen LogP contribution in [-0.4, -0.2) is 25.7 Å². The number of benzene rings is 2. The standard InChI is InChI=1S/C21H26Cl2N2/c1-2-17(6-3-16-4-7-18(22)8-5-16)21-15-24-13-14-25(21)20-11-9-19(23)10-12-20/h4-5,7-12,17,21,24H,2-3,6,13-15H2,1H3. The lowest BCUT2D eigenvalue weighted by molar-refractivity contribution is 0.325. The Kier molecular flexibility index (Phi) is 6.63. The molecule has 0 amide bonds. The molecule has 1 N–H and O–H groups in total. The van der Waals surface area contributed by atoms with Gasteiger partial charge in [-0.3, -0.25) is 0 Å². The van der Waals surface area contributed by atoms with Crippen LogP contribution < -0.4 is 10.2 Å². The topological polar surface area (TPSA) is 15.3 Å². The number of halogens is 2. The molecule has 1 heterocycles. The fraction of sp³-hybridized carbons (Fsp3) is 0.429. The number of nitrogens with zero attached hydrogens (tertiary/aromatic N) is 1. The number of piperazine rings is 1. The molecule has 2 aromatic rings. The molecule has 0 radical (unpaired) electrons. The van der Waals surface area contributed by atoms with Crippen molar-refractivity contribution in [3.8, 4) is 0 Å². The van der Waals surface area contributed by atoms with Crippen LogP contribution in [0, 0.1) is 5.92 Å². The highest BCUT2D eigenvalue weighted by molar-refractivity contribution is 6.30. The molecule has 4 heteroatoms. The molecule has 1 saturated heterocycles. The van der Waals surface area contributed by atoms with Crippen LogP contribution in [0.4, 0.5) is 5.69 Å². The lowest BCUT2D eigenvalue weighted by Gasteiger charge is -2.42. The monoisotopic (exact) mass is 376 g/mol. The van der Waals surface area contributed by atoms with Gasteiger partial charge in [0.15, 0.2) is 0 Å². The highest BCUT2D eigenvalue weighted by Gasteiger charge is 2.28. The van der Waals surface area contributed by atoms with Gasteiger partial charge in [-0.2, -0.15) is 0 Å². The number of hydrogen-bond acceptors (Lipinski definition) is 2. The number of aryl methyl sites for hydroxylation is 1. The normalized spacial score (nSPS) is 19.0. The first-order valence-electron chi connectivity index (χ1n) is 9.14. The molecular formula is C21H26Cl2N2. The van der Waals surface area contributed by atoms with E-state index in [9.17, 15) is 0 Å². The molecule has 0 saturated carbocycles. The smallest absolute Gasteiger partial charge is 0.0443 e. The van der Waals surface area contributed by atoms with Gasteiger partial charge < -0.3 is 10.2 Å². The van der Waals surface area contributed by atoms with E-state index >= 15 is 0 Å². The molecule has 0 spiro atoms. The summed E-state index contributed by atoms with van der Waals surface area (Å²) in [5.41, 5.74) is 2.64. The zero-order valence-corrected chi connectivity index (χ0v) is 16.2. The molecule has 25 heavy (non-hydrogen) atoms. The van der Waals surface area contributed by atoms with E-state index in [-0.39, 0.29) is 0 Å². The van der Waals surface area contributed by atoms with Gasteiger partial charge >= 0.3 is 0 Å². The van der Waals surface area contributed by atoms with Crippen molar-refractivity contribution in [2.24, 2.45) is 5.92 Å². The van der Waals surface area contributed by atoms with Crippen molar-refractivity contribution in [3.05, 3.63) is 64.1 Å². The number of nitrogens with one attached hydrogen (secondary N) is 1. The van der Waals surface area contributed by atoms with Crippen molar-refractivity contribution >= 4 is 28.9 Å². The fourth-order valence-electron chi connectivity index (χ4n) is 3.77. The van der Waals surface area contributed by atoms with Crippen LogP contribution in [-0.2, 0) is 6.42 Å². The van der Waals surface area contributed by atoms with Crippen molar-refractivity contribution in [2.75, 3.05) is 24.5 Å². The molecule has 1 fully saturated rings. The third kappa shape index (κ3) is 4.91. The lowest BCUT2D eigenvalue weighted by atomic mass is 9.88. The Balaban J connectivity index is 1.70. The van der Waals surface area contributed by atoms with Crippen molar-refractivity contribution in [3.63, 3.8) is 0 Å². The maximum atomic E-state index is 6.07. The van der Waals surface area contributed by atoms with Crippen LogP contribution in [0.3, 0.4) is 0 Å². The first-order valence-corrected chi connectivity index (χ1v) is 9.90. The number of hydrogen-bond donors (Lipinski definition) is 1. The minimum absolute atomic E-state index is 0.521. The second kappa shape index (κ2) is 8.93. The van der Waals surface area contributed by atoms with Crippen molar-refractivity contribution in [1.82, 2.24) is 5.32 Å². The summed E-state index contributed by atoms with van der Waals surface area (Å²) in [6, 6.07) is 17.1. The van der Waals surface area contributed by atoms with Gasteiger partial charge in [0, 0.05) is 41.4 Å². The first-order chi connectivity index (χ1) is 12.2. The summed E-state index contributed by atoms with van der Waals surface area (Å²) in [5.74, 6) is 0.652. The van der Waals surface area contributed by atoms with Gasteiger partial charge in [0.05, 0.1) is 0 Å². The third-order valence-corrected chi connectivity index (χ3v) is 5.73. The average molecular weight is 377 g/mol. The van der Waals surface area contributed by atoms with E-state index in [1.165, 1.54) is 24.1 Å². The highest BCUT2D eigenvalue weighted by Crippen LogP contribution is 2.28. The molecule has 0 aromatic heterocycles. The van der Waals surface area contributed by atoms with Gasteiger partial charge in [-0.25, -0.2) is 0 Å². The Morgan fingerprint density at radius 3 is 2.32 bits per heavy atom. The predicted octanol–water partition coefficient (Wildman–Crippen LogP) is 5.43. The van der Waals surface area contributed by atoms with Crippen molar-refractivity contribution in [1.29, 1.82) is 0 Å². The van der Waals surface area contributed by atoms with Crippen LogP contribution >= 0.6 is 23.2 Å². The summed E-state index contributed by atoms with van der Waals surface area (Å²) >= 11 is 12.1. The Morgan fingerprint density at radius 2 is 1.68 bits per heavy atom. The lowest BCUT2D eigenvalue weighted by Crippen LogP contribution is -2.54. The molecule has 1 aliphatic rings. The summed E-state index contributed by atoms with van der Waals surface area (Å²) in [4.78, 5) is 2.56. The van der Waals surface area contributed by atoms with E-state index in [1.54, 1.807) is 0 Å². The summed E-state index contributed by atoms with van der Waals surface area (Å²) in [7, 11) is 0. The minimum atomic E-state index is 0.521. The van der Waals surface area contributed by atoms with Gasteiger partial charge in [0.1, 0.15) is 0 Å². The first kappa shape index (κ1) is 18.6. The predicted molar refractivity (Wildman–Crippen MR) is 109 cm³/mol.